The number of nitrogens with two attached hydrogens (primary N) is 1. The number of hydrogen-bond acceptors (Lipinski definition) is 3. The molecule has 2 aromatic rings. The molecule has 0 bridgehead atoms. The summed E-state index contributed by atoms with van der Waals surface area (Å²) in [6.45, 7) is 3.22. The Hall–Kier alpha value is -1.39. The molecule has 0 saturated heterocycles. The van der Waals surface area contributed by atoms with E-state index >= 15 is 0 Å². The van der Waals surface area contributed by atoms with Gasteiger partial charge in [-0.2, -0.15) is 0 Å². The van der Waals surface area contributed by atoms with Crippen LogP contribution >= 0.6 is 11.6 Å². The van der Waals surface area contributed by atoms with Gasteiger partial charge < -0.3 is 5.73 Å². The lowest BCUT2D eigenvalue weighted by atomic mass is 10.2. The Morgan fingerprint density at radius 1 is 1.42 bits per heavy atom. The maximum absolute atomic E-state index is 12.5. The zero-order valence-electron chi connectivity index (χ0n) is 11.0. The van der Waals surface area contributed by atoms with Gasteiger partial charge in [0.2, 0.25) is 0 Å². The first-order valence-corrected chi connectivity index (χ1v) is 6.94. The molecule has 5 heteroatoms. The van der Waals surface area contributed by atoms with Crippen molar-refractivity contribution in [2.75, 3.05) is 6.54 Å². The quantitative estimate of drug-likeness (QED) is 0.914. The molecule has 0 spiro atoms. The van der Waals surface area contributed by atoms with E-state index in [-0.39, 0.29) is 5.56 Å². The highest BCUT2D eigenvalue weighted by molar-refractivity contribution is 6.35. The topological polar surface area (TPSA) is 60.9 Å². The number of hydrogen-bond donors (Lipinski definition) is 1. The van der Waals surface area contributed by atoms with Crippen molar-refractivity contribution in [1.82, 2.24) is 9.55 Å². The third-order valence-corrected chi connectivity index (χ3v) is 3.39. The molecule has 0 fully saturated rings. The second-order valence-corrected chi connectivity index (χ2v) is 4.92. The highest BCUT2D eigenvalue weighted by Gasteiger charge is 2.12. The van der Waals surface area contributed by atoms with E-state index in [2.05, 4.69) is 11.9 Å². The van der Waals surface area contributed by atoms with Crippen LogP contribution in [-0.4, -0.2) is 16.1 Å². The summed E-state index contributed by atoms with van der Waals surface area (Å²) in [5.41, 5.74) is 6.14. The smallest absolute Gasteiger partial charge is 0.262 e. The van der Waals surface area contributed by atoms with Gasteiger partial charge in [-0.1, -0.05) is 24.6 Å². The fourth-order valence-electron chi connectivity index (χ4n) is 2.16. The molecule has 4 nitrogen and oxygen atoms in total. The van der Waals surface area contributed by atoms with Gasteiger partial charge in [0.1, 0.15) is 5.82 Å². The fourth-order valence-corrected chi connectivity index (χ4v) is 2.41. The lowest BCUT2D eigenvalue weighted by Crippen LogP contribution is -2.26. The monoisotopic (exact) mass is 279 g/mol. The van der Waals surface area contributed by atoms with Crippen LogP contribution in [0.15, 0.2) is 23.0 Å². The third-order valence-electron chi connectivity index (χ3n) is 3.07. The minimum atomic E-state index is -0.0625. The van der Waals surface area contributed by atoms with Gasteiger partial charge in [0.15, 0.2) is 0 Å². The number of aromatic nitrogens is 2. The van der Waals surface area contributed by atoms with Crippen molar-refractivity contribution >= 4 is 22.5 Å². The first kappa shape index (κ1) is 14.0. The van der Waals surface area contributed by atoms with E-state index in [9.17, 15) is 4.79 Å². The summed E-state index contributed by atoms with van der Waals surface area (Å²) in [6, 6.07) is 5.37. The molecule has 2 rings (SSSR count). The molecule has 0 radical (unpaired) electrons. The van der Waals surface area contributed by atoms with Gasteiger partial charge in [-0.05, 0) is 31.5 Å². The Labute approximate surface area is 117 Å². The Balaban J connectivity index is 2.67. The maximum Gasteiger partial charge on any atom is 0.262 e. The number of nitrogens with zero attached hydrogens (tertiary/aromatic N) is 2. The number of rotatable bonds is 5. The van der Waals surface area contributed by atoms with Crippen LogP contribution in [-0.2, 0) is 13.0 Å². The summed E-state index contributed by atoms with van der Waals surface area (Å²) in [5.74, 6) is 0.815. The van der Waals surface area contributed by atoms with Gasteiger partial charge in [0.25, 0.3) is 5.56 Å². The first-order chi connectivity index (χ1) is 9.19. The van der Waals surface area contributed by atoms with Crippen molar-refractivity contribution in [3.63, 3.8) is 0 Å². The lowest BCUT2D eigenvalue weighted by molar-refractivity contribution is 0.584. The molecular weight excluding hydrogens is 262 g/mol. The van der Waals surface area contributed by atoms with Crippen molar-refractivity contribution in [2.24, 2.45) is 5.73 Å². The molecule has 0 amide bonds. The third kappa shape index (κ3) is 2.80. The van der Waals surface area contributed by atoms with Gasteiger partial charge in [0.05, 0.1) is 15.9 Å². The van der Waals surface area contributed by atoms with Crippen LogP contribution < -0.4 is 11.3 Å². The van der Waals surface area contributed by atoms with Crippen molar-refractivity contribution in [3.05, 3.63) is 39.4 Å². The van der Waals surface area contributed by atoms with E-state index in [1.165, 1.54) is 0 Å². The summed E-state index contributed by atoms with van der Waals surface area (Å²) in [4.78, 5) is 17.1. The van der Waals surface area contributed by atoms with Gasteiger partial charge in [-0.3, -0.25) is 9.36 Å². The molecule has 0 saturated carbocycles. The molecule has 1 heterocycles. The van der Waals surface area contributed by atoms with Crippen LogP contribution in [0.25, 0.3) is 10.9 Å². The minimum absolute atomic E-state index is 0.0625. The average Bonchev–Trinajstić information content (AvgIpc) is 2.38. The standard InChI is InChI=1S/C14H18ClN3O/c1-2-5-12-17-11-7-3-6-10(15)13(11)14(19)18(12)9-4-8-16/h3,6-7H,2,4-5,8-9,16H2,1H3. The predicted octanol–water partition coefficient (Wildman–Crippen LogP) is 2.35. The molecule has 0 aliphatic rings. The van der Waals surface area contributed by atoms with Crippen molar-refractivity contribution < 1.29 is 0 Å². The molecule has 0 atom stereocenters. The molecule has 1 aromatic carbocycles. The molecule has 0 aliphatic heterocycles. The second-order valence-electron chi connectivity index (χ2n) is 4.51. The van der Waals surface area contributed by atoms with Crippen LogP contribution in [0, 0.1) is 0 Å². The van der Waals surface area contributed by atoms with Crippen molar-refractivity contribution in [2.45, 2.75) is 32.7 Å². The lowest BCUT2D eigenvalue weighted by Gasteiger charge is -2.13. The van der Waals surface area contributed by atoms with Crippen molar-refractivity contribution in [3.8, 4) is 0 Å². The van der Waals surface area contributed by atoms with E-state index in [1.807, 2.05) is 12.1 Å². The summed E-state index contributed by atoms with van der Waals surface area (Å²) >= 11 is 6.12. The van der Waals surface area contributed by atoms with Crippen LogP contribution in [0.1, 0.15) is 25.6 Å². The highest BCUT2D eigenvalue weighted by atomic mass is 35.5. The van der Waals surface area contributed by atoms with E-state index in [1.54, 1.807) is 10.6 Å². The Bertz CT molecular complexity index is 636. The SMILES string of the molecule is CCCc1nc2cccc(Cl)c2c(=O)n1CCCN. The van der Waals surface area contributed by atoms with Gasteiger partial charge in [-0.25, -0.2) is 4.98 Å². The zero-order chi connectivity index (χ0) is 13.8. The molecule has 1 aromatic heterocycles. The molecule has 19 heavy (non-hydrogen) atoms. The van der Waals surface area contributed by atoms with Gasteiger partial charge in [0, 0.05) is 13.0 Å². The largest absolute Gasteiger partial charge is 0.330 e. The first-order valence-electron chi connectivity index (χ1n) is 6.57. The summed E-state index contributed by atoms with van der Waals surface area (Å²) in [5, 5.41) is 0.959. The molecule has 2 N–H and O–H groups in total. The van der Waals surface area contributed by atoms with Crippen molar-refractivity contribution in [1.29, 1.82) is 0 Å². The number of fused-ring (bicyclic) bond motifs is 1. The fraction of sp³-hybridized carbons (Fsp3) is 0.429. The molecule has 102 valence electrons. The average molecular weight is 280 g/mol. The van der Waals surface area contributed by atoms with Crippen LogP contribution in [0.5, 0.6) is 0 Å². The minimum Gasteiger partial charge on any atom is -0.330 e. The van der Waals surface area contributed by atoms with E-state index in [0.717, 1.165) is 25.1 Å². The predicted molar refractivity (Wildman–Crippen MR) is 78.7 cm³/mol. The molecule has 0 aliphatic carbocycles. The van der Waals surface area contributed by atoms with E-state index < -0.39 is 0 Å². The molecule has 0 unspecified atom stereocenters. The second kappa shape index (κ2) is 6.17. The zero-order valence-corrected chi connectivity index (χ0v) is 11.8. The summed E-state index contributed by atoms with van der Waals surface area (Å²) in [6.07, 6.45) is 2.48. The number of halogens is 1. The van der Waals surface area contributed by atoms with Gasteiger partial charge in [-0.15, -0.1) is 0 Å². The maximum atomic E-state index is 12.5. The Morgan fingerprint density at radius 2 is 2.21 bits per heavy atom. The highest BCUT2D eigenvalue weighted by Crippen LogP contribution is 2.19. The number of aryl methyl sites for hydroxylation is 1. The van der Waals surface area contributed by atoms with E-state index in [4.69, 9.17) is 17.3 Å². The van der Waals surface area contributed by atoms with Crippen LogP contribution in [0.4, 0.5) is 0 Å². The summed E-state index contributed by atoms with van der Waals surface area (Å²) < 4.78 is 1.71. The van der Waals surface area contributed by atoms with Crippen LogP contribution in [0.2, 0.25) is 5.02 Å². The number of benzene rings is 1. The Morgan fingerprint density at radius 3 is 2.89 bits per heavy atom. The Kier molecular flexibility index (Phi) is 4.56. The van der Waals surface area contributed by atoms with E-state index in [0.29, 0.717) is 29.0 Å². The van der Waals surface area contributed by atoms with Crippen LogP contribution in [0.3, 0.4) is 0 Å². The molecular formula is C14H18ClN3O. The van der Waals surface area contributed by atoms with Gasteiger partial charge >= 0.3 is 0 Å². The summed E-state index contributed by atoms with van der Waals surface area (Å²) in [7, 11) is 0. The normalized spacial score (nSPS) is 11.1.